The third kappa shape index (κ3) is 4.62. The average Bonchev–Trinajstić information content (AvgIpc) is 3.25. The summed E-state index contributed by atoms with van der Waals surface area (Å²) in [6, 6.07) is 18.6. The maximum absolute atomic E-state index is 12.9. The predicted octanol–water partition coefficient (Wildman–Crippen LogP) is 6.67. The van der Waals surface area contributed by atoms with Crippen molar-refractivity contribution in [1.82, 2.24) is 9.97 Å². The Morgan fingerprint density at radius 3 is 2.48 bits per heavy atom. The Hall–Kier alpha value is -3.58. The summed E-state index contributed by atoms with van der Waals surface area (Å²) < 4.78 is 38.7. The Bertz CT molecular complexity index is 1240. The van der Waals surface area contributed by atoms with Crippen LogP contribution in [0, 0.1) is 0 Å². The van der Waals surface area contributed by atoms with Crippen LogP contribution in [0.5, 0.6) is 0 Å². The molecule has 3 aromatic carbocycles. The summed E-state index contributed by atoms with van der Waals surface area (Å²) in [6.07, 6.45) is -2.85. The second-order valence-electron chi connectivity index (χ2n) is 6.74. The van der Waals surface area contributed by atoms with Crippen LogP contribution in [0.4, 0.5) is 18.9 Å². The maximum Gasteiger partial charge on any atom is 0.416 e. The first-order valence-electron chi connectivity index (χ1n) is 9.20. The van der Waals surface area contributed by atoms with Gasteiger partial charge < -0.3 is 10.3 Å². The molecule has 31 heavy (non-hydrogen) atoms. The Kier molecular flexibility index (Phi) is 5.52. The van der Waals surface area contributed by atoms with Gasteiger partial charge in [0, 0.05) is 16.8 Å². The highest BCUT2D eigenvalue weighted by Gasteiger charge is 2.30. The second-order valence-corrected chi connectivity index (χ2v) is 7.15. The van der Waals surface area contributed by atoms with E-state index in [-0.39, 0.29) is 5.56 Å². The number of alkyl halides is 3. The summed E-state index contributed by atoms with van der Waals surface area (Å²) in [4.78, 5) is 20.0. The van der Waals surface area contributed by atoms with Crippen LogP contribution in [-0.2, 0) is 6.18 Å². The van der Waals surface area contributed by atoms with Crippen molar-refractivity contribution in [2.45, 2.75) is 6.18 Å². The van der Waals surface area contributed by atoms with Gasteiger partial charge in [0.2, 0.25) is 0 Å². The summed E-state index contributed by atoms with van der Waals surface area (Å²) in [5.74, 6) is -0.164. The number of H-pyrrole nitrogens is 1. The van der Waals surface area contributed by atoms with Crippen molar-refractivity contribution in [2.24, 2.45) is 0 Å². The van der Waals surface area contributed by atoms with E-state index in [4.69, 9.17) is 11.6 Å². The van der Waals surface area contributed by atoms with Gasteiger partial charge in [-0.25, -0.2) is 4.98 Å². The number of carbonyl (C=O) groups excluding carboxylic acids is 1. The number of rotatable bonds is 4. The number of carbonyl (C=O) groups is 1. The molecule has 0 aliphatic rings. The maximum atomic E-state index is 12.9. The fourth-order valence-electron chi connectivity index (χ4n) is 3.05. The van der Waals surface area contributed by atoms with E-state index in [2.05, 4.69) is 15.3 Å². The van der Waals surface area contributed by atoms with Gasteiger partial charge in [-0.2, -0.15) is 13.2 Å². The Morgan fingerprint density at radius 1 is 0.968 bits per heavy atom. The summed E-state index contributed by atoms with van der Waals surface area (Å²) >= 11 is 6.31. The van der Waals surface area contributed by atoms with Gasteiger partial charge in [0.25, 0.3) is 5.91 Å². The molecule has 2 N–H and O–H groups in total. The predicted molar refractivity (Wildman–Crippen MR) is 114 cm³/mol. The smallest absolute Gasteiger partial charge is 0.338 e. The number of imidazole rings is 1. The lowest BCUT2D eigenvalue weighted by Gasteiger charge is -2.10. The number of amides is 1. The van der Waals surface area contributed by atoms with E-state index in [1.54, 1.807) is 24.4 Å². The van der Waals surface area contributed by atoms with Gasteiger partial charge in [-0.05, 0) is 42.0 Å². The van der Waals surface area contributed by atoms with Gasteiger partial charge >= 0.3 is 6.18 Å². The molecule has 8 heteroatoms. The van der Waals surface area contributed by atoms with E-state index in [9.17, 15) is 18.0 Å². The second kappa shape index (κ2) is 8.28. The Morgan fingerprint density at radius 2 is 1.74 bits per heavy atom. The van der Waals surface area contributed by atoms with Crippen LogP contribution in [-0.4, -0.2) is 15.9 Å². The number of nitrogens with zero attached hydrogens (tertiary/aromatic N) is 1. The normalized spacial score (nSPS) is 11.4. The highest BCUT2D eigenvalue weighted by Crippen LogP contribution is 2.32. The molecule has 0 aliphatic heterocycles. The van der Waals surface area contributed by atoms with E-state index < -0.39 is 17.6 Å². The summed E-state index contributed by atoms with van der Waals surface area (Å²) in [7, 11) is 0. The van der Waals surface area contributed by atoms with E-state index >= 15 is 0 Å². The zero-order chi connectivity index (χ0) is 22.0. The molecule has 4 rings (SSSR count). The summed E-state index contributed by atoms with van der Waals surface area (Å²) in [5, 5.41) is 3.01. The minimum atomic E-state index is -4.53. The largest absolute Gasteiger partial charge is 0.416 e. The molecule has 1 aromatic heterocycles. The van der Waals surface area contributed by atoms with Gasteiger partial charge in [-0.3, -0.25) is 4.79 Å². The first-order chi connectivity index (χ1) is 14.8. The van der Waals surface area contributed by atoms with Crippen molar-refractivity contribution in [2.75, 3.05) is 5.32 Å². The monoisotopic (exact) mass is 441 g/mol. The minimum Gasteiger partial charge on any atom is -0.338 e. The molecule has 0 saturated carbocycles. The number of aromatic nitrogens is 2. The third-order valence-corrected chi connectivity index (χ3v) is 4.92. The minimum absolute atomic E-state index is 0.101. The number of halogens is 4. The van der Waals surface area contributed by atoms with Crippen LogP contribution in [0.3, 0.4) is 0 Å². The van der Waals surface area contributed by atoms with Crippen molar-refractivity contribution < 1.29 is 18.0 Å². The Labute approximate surface area is 180 Å². The standard InChI is InChI=1S/C23H15ClF3N3O/c24-19-10-9-17(29-22(31)15-7-4-8-16(11-15)23(25,26)27)12-18(19)21-28-13-20(30-21)14-5-2-1-3-6-14/h1-13H,(H,28,30)(H,29,31). The topological polar surface area (TPSA) is 57.8 Å². The third-order valence-electron chi connectivity index (χ3n) is 4.59. The van der Waals surface area contributed by atoms with E-state index in [1.165, 1.54) is 12.1 Å². The Balaban J connectivity index is 1.59. The molecule has 0 unspecified atom stereocenters. The molecule has 0 saturated heterocycles. The summed E-state index contributed by atoms with van der Waals surface area (Å²) in [5.41, 5.74) is 1.68. The first-order valence-corrected chi connectivity index (χ1v) is 9.58. The lowest BCUT2D eigenvalue weighted by Crippen LogP contribution is -2.14. The number of aromatic amines is 1. The fraction of sp³-hybridized carbons (Fsp3) is 0.0435. The zero-order valence-electron chi connectivity index (χ0n) is 15.9. The van der Waals surface area contributed by atoms with Crippen LogP contribution >= 0.6 is 11.6 Å². The molecule has 156 valence electrons. The van der Waals surface area contributed by atoms with Crippen molar-refractivity contribution in [3.05, 3.63) is 95.1 Å². The van der Waals surface area contributed by atoms with Gasteiger partial charge in [0.1, 0.15) is 5.82 Å². The van der Waals surface area contributed by atoms with Crippen molar-refractivity contribution in [3.8, 4) is 22.6 Å². The molecule has 0 fully saturated rings. The fourth-order valence-corrected chi connectivity index (χ4v) is 3.25. The molecular weight excluding hydrogens is 427 g/mol. The van der Waals surface area contributed by atoms with Crippen LogP contribution in [0.25, 0.3) is 22.6 Å². The molecule has 4 aromatic rings. The van der Waals surface area contributed by atoms with Crippen LogP contribution in [0.2, 0.25) is 5.02 Å². The molecule has 0 atom stereocenters. The molecule has 0 bridgehead atoms. The molecule has 0 aliphatic carbocycles. The molecule has 0 radical (unpaired) electrons. The molecule has 0 spiro atoms. The van der Waals surface area contributed by atoms with E-state index in [0.717, 1.165) is 23.4 Å². The van der Waals surface area contributed by atoms with Crippen molar-refractivity contribution in [3.63, 3.8) is 0 Å². The molecular formula is C23H15ClF3N3O. The zero-order valence-corrected chi connectivity index (χ0v) is 16.6. The van der Waals surface area contributed by atoms with Crippen molar-refractivity contribution in [1.29, 1.82) is 0 Å². The molecule has 1 amide bonds. The lowest BCUT2D eigenvalue weighted by molar-refractivity contribution is -0.137. The number of nitrogens with one attached hydrogen (secondary N) is 2. The van der Waals surface area contributed by atoms with Gasteiger partial charge in [0.15, 0.2) is 0 Å². The van der Waals surface area contributed by atoms with E-state index in [0.29, 0.717) is 22.1 Å². The van der Waals surface area contributed by atoms with Gasteiger partial charge in [-0.15, -0.1) is 0 Å². The van der Waals surface area contributed by atoms with Gasteiger partial charge in [-0.1, -0.05) is 48.0 Å². The average molecular weight is 442 g/mol. The SMILES string of the molecule is O=C(Nc1ccc(Cl)c(-c2ncc(-c3ccccc3)[nH]2)c1)c1cccc(C(F)(F)F)c1. The number of benzene rings is 3. The number of hydrogen-bond acceptors (Lipinski definition) is 2. The quantitative estimate of drug-likeness (QED) is 0.371. The van der Waals surface area contributed by atoms with Crippen LogP contribution in [0.15, 0.2) is 79.0 Å². The highest BCUT2D eigenvalue weighted by molar-refractivity contribution is 6.33. The molecule has 4 nitrogen and oxygen atoms in total. The summed E-state index contributed by atoms with van der Waals surface area (Å²) in [6.45, 7) is 0. The number of hydrogen-bond donors (Lipinski definition) is 2. The lowest BCUT2D eigenvalue weighted by atomic mass is 10.1. The van der Waals surface area contributed by atoms with Gasteiger partial charge in [0.05, 0.1) is 22.5 Å². The van der Waals surface area contributed by atoms with Crippen LogP contribution in [0.1, 0.15) is 15.9 Å². The number of anilines is 1. The van der Waals surface area contributed by atoms with Crippen LogP contribution < -0.4 is 5.32 Å². The van der Waals surface area contributed by atoms with E-state index in [1.807, 2.05) is 30.3 Å². The van der Waals surface area contributed by atoms with Crippen molar-refractivity contribution >= 4 is 23.2 Å². The first kappa shape index (κ1) is 20.7. The molecule has 1 heterocycles. The highest BCUT2D eigenvalue weighted by atomic mass is 35.5.